The molecule has 3 rings (SSSR count). The summed E-state index contributed by atoms with van der Waals surface area (Å²) in [4.78, 5) is 27.8. The van der Waals surface area contributed by atoms with E-state index in [1.165, 1.54) is 0 Å². The van der Waals surface area contributed by atoms with Gasteiger partial charge >= 0.3 is 6.03 Å². The van der Waals surface area contributed by atoms with Gasteiger partial charge in [-0.3, -0.25) is 9.69 Å². The summed E-state index contributed by atoms with van der Waals surface area (Å²) in [7, 11) is 1.61. The van der Waals surface area contributed by atoms with Crippen molar-refractivity contribution < 1.29 is 14.3 Å². The molecule has 1 aromatic carbocycles. The lowest BCUT2D eigenvalue weighted by molar-refractivity contribution is 0.0303. The summed E-state index contributed by atoms with van der Waals surface area (Å²) < 4.78 is 5.27. The second-order valence-electron chi connectivity index (χ2n) is 5.20. The molecular formula is C15H19N3O3. The van der Waals surface area contributed by atoms with E-state index in [1.807, 2.05) is 18.2 Å². The highest BCUT2D eigenvalue weighted by atomic mass is 16.5. The summed E-state index contributed by atoms with van der Waals surface area (Å²) in [5.41, 5.74) is 2.58. The van der Waals surface area contributed by atoms with Crippen molar-refractivity contribution in [3.8, 4) is 0 Å². The molecule has 0 radical (unpaired) electrons. The van der Waals surface area contributed by atoms with Crippen LogP contribution in [0.5, 0.6) is 0 Å². The Bertz CT molecular complexity index is 567. The molecule has 112 valence electrons. The van der Waals surface area contributed by atoms with E-state index in [9.17, 15) is 9.59 Å². The highest BCUT2D eigenvalue weighted by molar-refractivity contribution is 5.99. The van der Waals surface area contributed by atoms with Gasteiger partial charge in [0.25, 0.3) is 5.91 Å². The summed E-state index contributed by atoms with van der Waals surface area (Å²) in [6, 6.07) is 5.50. The number of urea groups is 1. The van der Waals surface area contributed by atoms with Crippen LogP contribution in [0.2, 0.25) is 0 Å². The lowest BCUT2D eigenvalue weighted by Crippen LogP contribution is -2.40. The largest absolute Gasteiger partial charge is 0.378 e. The summed E-state index contributed by atoms with van der Waals surface area (Å²) >= 11 is 0. The van der Waals surface area contributed by atoms with Crippen LogP contribution in [0.15, 0.2) is 18.2 Å². The minimum absolute atomic E-state index is 0.00450. The highest BCUT2D eigenvalue weighted by Crippen LogP contribution is 2.29. The van der Waals surface area contributed by atoms with Crippen LogP contribution in [0.1, 0.15) is 15.9 Å². The Kier molecular flexibility index (Phi) is 3.79. The van der Waals surface area contributed by atoms with Gasteiger partial charge in [-0.15, -0.1) is 0 Å². The van der Waals surface area contributed by atoms with E-state index < -0.39 is 0 Å². The number of benzene rings is 1. The number of amides is 3. The minimum atomic E-state index is -0.135. The van der Waals surface area contributed by atoms with E-state index in [0.29, 0.717) is 38.4 Å². The SMILES string of the molecule is CNC(=O)N1CCc2ccc(C(=O)N3CCOCC3)cc21. The number of hydrogen-bond donors (Lipinski definition) is 1. The van der Waals surface area contributed by atoms with Crippen molar-refractivity contribution in [1.29, 1.82) is 0 Å². The average molecular weight is 289 g/mol. The molecule has 1 aromatic rings. The maximum absolute atomic E-state index is 12.5. The second-order valence-corrected chi connectivity index (χ2v) is 5.20. The van der Waals surface area contributed by atoms with Crippen molar-refractivity contribution in [2.45, 2.75) is 6.42 Å². The zero-order valence-corrected chi connectivity index (χ0v) is 12.1. The van der Waals surface area contributed by atoms with Gasteiger partial charge in [0, 0.05) is 37.9 Å². The van der Waals surface area contributed by atoms with E-state index in [0.717, 1.165) is 17.7 Å². The molecule has 1 fully saturated rings. The van der Waals surface area contributed by atoms with Crippen LogP contribution in [-0.2, 0) is 11.2 Å². The van der Waals surface area contributed by atoms with E-state index in [1.54, 1.807) is 16.8 Å². The molecular weight excluding hydrogens is 270 g/mol. The van der Waals surface area contributed by atoms with Crippen LogP contribution >= 0.6 is 0 Å². The van der Waals surface area contributed by atoms with Crippen molar-refractivity contribution >= 4 is 17.6 Å². The predicted octanol–water partition coefficient (Wildman–Crippen LogP) is 0.861. The highest BCUT2D eigenvalue weighted by Gasteiger charge is 2.26. The van der Waals surface area contributed by atoms with Crippen LogP contribution in [0, 0.1) is 0 Å². The van der Waals surface area contributed by atoms with Crippen LogP contribution in [0.3, 0.4) is 0 Å². The lowest BCUT2D eigenvalue weighted by Gasteiger charge is -2.27. The van der Waals surface area contributed by atoms with Crippen LogP contribution in [-0.4, -0.2) is 56.7 Å². The van der Waals surface area contributed by atoms with Crippen molar-refractivity contribution in [3.05, 3.63) is 29.3 Å². The molecule has 3 amide bonds. The van der Waals surface area contributed by atoms with Crippen LogP contribution in [0.25, 0.3) is 0 Å². The summed E-state index contributed by atoms with van der Waals surface area (Å²) in [5.74, 6) is 0.00450. The van der Waals surface area contributed by atoms with Gasteiger partial charge in [0.05, 0.1) is 13.2 Å². The molecule has 0 aliphatic carbocycles. The fourth-order valence-electron chi connectivity index (χ4n) is 2.81. The Balaban J connectivity index is 1.85. The molecule has 0 spiro atoms. The Morgan fingerprint density at radius 3 is 2.67 bits per heavy atom. The monoisotopic (exact) mass is 289 g/mol. The molecule has 2 aliphatic heterocycles. The molecule has 6 heteroatoms. The number of carbonyl (C=O) groups is 2. The number of anilines is 1. The number of hydrogen-bond acceptors (Lipinski definition) is 3. The number of fused-ring (bicyclic) bond motifs is 1. The van der Waals surface area contributed by atoms with Crippen molar-refractivity contribution in [2.24, 2.45) is 0 Å². The fraction of sp³-hybridized carbons (Fsp3) is 0.467. The molecule has 1 N–H and O–H groups in total. The first-order valence-electron chi connectivity index (χ1n) is 7.20. The molecule has 0 bridgehead atoms. The molecule has 6 nitrogen and oxygen atoms in total. The second kappa shape index (κ2) is 5.73. The topological polar surface area (TPSA) is 61.9 Å². The first-order valence-corrected chi connectivity index (χ1v) is 7.20. The van der Waals surface area contributed by atoms with Gasteiger partial charge in [0.1, 0.15) is 0 Å². The molecule has 1 saturated heterocycles. The smallest absolute Gasteiger partial charge is 0.321 e. The van der Waals surface area contributed by atoms with Gasteiger partial charge in [0.15, 0.2) is 0 Å². The summed E-state index contributed by atoms with van der Waals surface area (Å²) in [6.45, 7) is 3.07. The third-order valence-electron chi connectivity index (χ3n) is 3.99. The number of carbonyl (C=O) groups excluding carboxylic acids is 2. The molecule has 0 saturated carbocycles. The minimum Gasteiger partial charge on any atom is -0.378 e. The zero-order chi connectivity index (χ0) is 14.8. The van der Waals surface area contributed by atoms with Crippen molar-refractivity contribution in [2.75, 3.05) is 44.8 Å². The normalized spacial score (nSPS) is 17.6. The number of nitrogens with zero attached hydrogens (tertiary/aromatic N) is 2. The number of morpholine rings is 1. The Morgan fingerprint density at radius 1 is 1.19 bits per heavy atom. The lowest BCUT2D eigenvalue weighted by atomic mass is 10.1. The van der Waals surface area contributed by atoms with Crippen molar-refractivity contribution in [3.63, 3.8) is 0 Å². The number of ether oxygens (including phenoxy) is 1. The third kappa shape index (κ3) is 2.58. The Hall–Kier alpha value is -2.08. The third-order valence-corrected chi connectivity index (χ3v) is 3.99. The summed E-state index contributed by atoms with van der Waals surface area (Å²) in [6.07, 6.45) is 0.828. The quantitative estimate of drug-likeness (QED) is 0.834. The van der Waals surface area contributed by atoms with Gasteiger partial charge in [0.2, 0.25) is 0 Å². The van der Waals surface area contributed by atoms with Gasteiger partial charge in [-0.2, -0.15) is 0 Å². The Labute approximate surface area is 123 Å². The van der Waals surface area contributed by atoms with Gasteiger partial charge in [-0.25, -0.2) is 4.79 Å². The fourth-order valence-corrected chi connectivity index (χ4v) is 2.81. The van der Waals surface area contributed by atoms with E-state index in [4.69, 9.17) is 4.74 Å². The van der Waals surface area contributed by atoms with Crippen LogP contribution in [0.4, 0.5) is 10.5 Å². The maximum Gasteiger partial charge on any atom is 0.321 e. The number of rotatable bonds is 1. The standard InChI is InChI=1S/C15H19N3O3/c1-16-15(20)18-5-4-11-2-3-12(10-13(11)18)14(19)17-6-8-21-9-7-17/h2-3,10H,4-9H2,1H3,(H,16,20). The zero-order valence-electron chi connectivity index (χ0n) is 12.1. The number of nitrogens with one attached hydrogen (secondary N) is 1. The van der Waals surface area contributed by atoms with Crippen molar-refractivity contribution in [1.82, 2.24) is 10.2 Å². The maximum atomic E-state index is 12.5. The first kappa shape index (κ1) is 13.9. The molecule has 21 heavy (non-hydrogen) atoms. The Morgan fingerprint density at radius 2 is 1.95 bits per heavy atom. The molecule has 0 aromatic heterocycles. The van der Waals surface area contributed by atoms with Gasteiger partial charge in [-0.05, 0) is 24.1 Å². The molecule has 0 unspecified atom stereocenters. The van der Waals surface area contributed by atoms with Crippen LogP contribution < -0.4 is 10.2 Å². The van der Waals surface area contributed by atoms with E-state index in [2.05, 4.69) is 5.32 Å². The molecule has 2 heterocycles. The summed E-state index contributed by atoms with van der Waals surface area (Å²) in [5, 5.41) is 2.63. The van der Waals surface area contributed by atoms with Gasteiger partial charge < -0.3 is 15.0 Å². The van der Waals surface area contributed by atoms with E-state index in [-0.39, 0.29) is 11.9 Å². The van der Waals surface area contributed by atoms with E-state index >= 15 is 0 Å². The first-order chi connectivity index (χ1) is 10.2. The van der Waals surface area contributed by atoms with Gasteiger partial charge in [-0.1, -0.05) is 6.07 Å². The predicted molar refractivity (Wildman–Crippen MR) is 78.7 cm³/mol. The molecule has 2 aliphatic rings. The average Bonchev–Trinajstić information content (AvgIpc) is 2.97. The molecule has 0 atom stereocenters.